The van der Waals surface area contributed by atoms with Gasteiger partial charge in [-0.2, -0.15) is 0 Å². The van der Waals surface area contributed by atoms with Crippen molar-refractivity contribution in [3.05, 3.63) is 0 Å². The molecule has 0 aliphatic carbocycles. The normalized spacial score (nSPS) is 15.9. The van der Waals surface area contributed by atoms with Gasteiger partial charge >= 0.3 is 6.09 Å². The van der Waals surface area contributed by atoms with E-state index in [0.717, 1.165) is 0 Å². The molecule has 1 N–H and O–H groups in total. The highest BCUT2D eigenvalue weighted by Gasteiger charge is 2.24. The second kappa shape index (κ2) is 4.64. The number of rotatable bonds is 2. The van der Waals surface area contributed by atoms with Crippen molar-refractivity contribution >= 4 is 6.09 Å². The van der Waals surface area contributed by atoms with Gasteiger partial charge in [-0.05, 0) is 34.6 Å². The van der Waals surface area contributed by atoms with E-state index in [1.165, 1.54) is 4.90 Å². The van der Waals surface area contributed by atoms with Gasteiger partial charge in [0.05, 0.1) is 12.1 Å². The molecule has 0 saturated heterocycles. The number of aliphatic hydroxyl groups excluding tert-OH is 1. The number of ether oxygens (including phenoxy) is 1. The van der Waals surface area contributed by atoms with Gasteiger partial charge in [0.2, 0.25) is 0 Å². The van der Waals surface area contributed by atoms with Gasteiger partial charge in [0.25, 0.3) is 0 Å². The molecule has 0 aliphatic heterocycles. The summed E-state index contributed by atoms with van der Waals surface area (Å²) < 4.78 is 5.15. The smallest absolute Gasteiger partial charge is 0.410 e. The van der Waals surface area contributed by atoms with Crippen LogP contribution in [-0.4, -0.2) is 40.9 Å². The Morgan fingerprint density at radius 2 is 1.79 bits per heavy atom. The lowest BCUT2D eigenvalue weighted by atomic mass is 10.2. The van der Waals surface area contributed by atoms with E-state index in [9.17, 15) is 9.90 Å². The number of aliphatic hydroxyl groups is 1. The summed E-state index contributed by atoms with van der Waals surface area (Å²) in [7, 11) is 1.62. The van der Waals surface area contributed by atoms with Crippen LogP contribution < -0.4 is 0 Å². The van der Waals surface area contributed by atoms with Gasteiger partial charge in [0.15, 0.2) is 0 Å². The van der Waals surface area contributed by atoms with Gasteiger partial charge in [-0.25, -0.2) is 4.79 Å². The fourth-order valence-electron chi connectivity index (χ4n) is 0.824. The van der Waals surface area contributed by atoms with Gasteiger partial charge in [-0.3, -0.25) is 0 Å². The average Bonchev–Trinajstić information content (AvgIpc) is 1.98. The average molecular weight is 203 g/mol. The zero-order chi connectivity index (χ0) is 11.5. The van der Waals surface area contributed by atoms with Crippen LogP contribution in [0.15, 0.2) is 0 Å². The summed E-state index contributed by atoms with van der Waals surface area (Å²) >= 11 is 0. The van der Waals surface area contributed by atoms with Crippen LogP contribution in [-0.2, 0) is 4.74 Å². The molecule has 0 rings (SSSR count). The number of hydrogen-bond acceptors (Lipinski definition) is 3. The van der Waals surface area contributed by atoms with Crippen molar-refractivity contribution in [3.8, 4) is 0 Å². The molecule has 1 amide bonds. The minimum Gasteiger partial charge on any atom is -0.444 e. The van der Waals surface area contributed by atoms with Crippen molar-refractivity contribution in [1.82, 2.24) is 4.90 Å². The molecule has 84 valence electrons. The lowest BCUT2D eigenvalue weighted by Gasteiger charge is -2.29. The summed E-state index contributed by atoms with van der Waals surface area (Å²) in [5.41, 5.74) is -0.496. The zero-order valence-electron chi connectivity index (χ0n) is 9.87. The third-order valence-electron chi connectivity index (χ3n) is 1.99. The van der Waals surface area contributed by atoms with Crippen molar-refractivity contribution < 1.29 is 14.6 Å². The van der Waals surface area contributed by atoms with Crippen molar-refractivity contribution in [2.75, 3.05) is 7.05 Å². The summed E-state index contributed by atoms with van der Waals surface area (Å²) in [6.07, 6.45) is -0.974. The standard InChI is InChI=1S/C10H21NO3/c1-7(8(2)12)11(6)9(13)14-10(3,4)5/h7-8,12H,1-6H3/t7-,8?/m0/s1. The van der Waals surface area contributed by atoms with Gasteiger partial charge in [-0.1, -0.05) is 0 Å². The van der Waals surface area contributed by atoms with E-state index in [2.05, 4.69) is 0 Å². The van der Waals surface area contributed by atoms with Crippen LogP contribution in [0.3, 0.4) is 0 Å². The van der Waals surface area contributed by atoms with Gasteiger partial charge < -0.3 is 14.7 Å². The summed E-state index contributed by atoms with van der Waals surface area (Å²) in [5, 5.41) is 9.29. The van der Waals surface area contributed by atoms with Crippen LogP contribution in [0.25, 0.3) is 0 Å². The molecule has 0 aromatic carbocycles. The highest BCUT2D eigenvalue weighted by atomic mass is 16.6. The van der Waals surface area contributed by atoms with Crippen molar-refractivity contribution in [1.29, 1.82) is 0 Å². The highest BCUT2D eigenvalue weighted by Crippen LogP contribution is 2.11. The Balaban J connectivity index is 4.26. The first kappa shape index (κ1) is 13.2. The summed E-state index contributed by atoms with van der Waals surface area (Å²) in [5.74, 6) is 0. The van der Waals surface area contributed by atoms with Crippen molar-refractivity contribution in [2.24, 2.45) is 0 Å². The Labute approximate surface area is 85.9 Å². The molecule has 0 saturated carbocycles. The van der Waals surface area contributed by atoms with Gasteiger partial charge in [0, 0.05) is 7.05 Å². The molecular weight excluding hydrogens is 182 g/mol. The van der Waals surface area contributed by atoms with E-state index >= 15 is 0 Å². The van der Waals surface area contributed by atoms with Gasteiger partial charge in [-0.15, -0.1) is 0 Å². The van der Waals surface area contributed by atoms with E-state index in [0.29, 0.717) is 0 Å². The first-order valence-corrected chi connectivity index (χ1v) is 4.79. The summed E-state index contributed by atoms with van der Waals surface area (Å²) in [6, 6.07) is -0.246. The molecule has 0 radical (unpaired) electrons. The molecule has 4 nitrogen and oxygen atoms in total. The topological polar surface area (TPSA) is 49.8 Å². The van der Waals surface area contributed by atoms with Crippen LogP contribution in [0.5, 0.6) is 0 Å². The van der Waals surface area contributed by atoms with Crippen molar-refractivity contribution in [2.45, 2.75) is 52.4 Å². The summed E-state index contributed by atoms with van der Waals surface area (Å²) in [6.45, 7) is 8.85. The predicted molar refractivity (Wildman–Crippen MR) is 55.1 cm³/mol. The second-order valence-electron chi connectivity index (χ2n) is 4.57. The fourth-order valence-corrected chi connectivity index (χ4v) is 0.824. The molecule has 2 atom stereocenters. The third kappa shape index (κ3) is 4.46. The van der Waals surface area contributed by atoms with Crippen LogP contribution >= 0.6 is 0 Å². The number of hydrogen-bond donors (Lipinski definition) is 1. The maximum atomic E-state index is 11.5. The summed E-state index contributed by atoms with van der Waals surface area (Å²) in [4.78, 5) is 12.9. The highest BCUT2D eigenvalue weighted by molar-refractivity contribution is 5.68. The Morgan fingerprint density at radius 3 is 2.07 bits per heavy atom. The Kier molecular flexibility index (Phi) is 4.39. The molecule has 0 bridgehead atoms. The first-order valence-electron chi connectivity index (χ1n) is 4.79. The monoisotopic (exact) mass is 203 g/mol. The number of carbonyl (C=O) groups is 1. The number of carbonyl (C=O) groups excluding carboxylic acids is 1. The molecule has 14 heavy (non-hydrogen) atoms. The molecule has 0 heterocycles. The van der Waals surface area contributed by atoms with E-state index in [1.54, 1.807) is 20.9 Å². The Bertz CT molecular complexity index is 196. The van der Waals surface area contributed by atoms with Gasteiger partial charge in [0.1, 0.15) is 5.60 Å². The number of amides is 1. The van der Waals surface area contributed by atoms with E-state index in [1.807, 2.05) is 20.8 Å². The lowest BCUT2D eigenvalue weighted by molar-refractivity contribution is 0.00838. The minimum atomic E-state index is -0.562. The zero-order valence-corrected chi connectivity index (χ0v) is 9.87. The maximum absolute atomic E-state index is 11.5. The Morgan fingerprint density at radius 1 is 1.36 bits per heavy atom. The predicted octanol–water partition coefficient (Wildman–Crippen LogP) is 1.62. The molecule has 4 heteroatoms. The minimum absolute atomic E-state index is 0.246. The van der Waals surface area contributed by atoms with Crippen LogP contribution in [0, 0.1) is 0 Å². The van der Waals surface area contributed by atoms with E-state index < -0.39 is 17.8 Å². The van der Waals surface area contributed by atoms with Crippen LogP contribution in [0.2, 0.25) is 0 Å². The lowest BCUT2D eigenvalue weighted by Crippen LogP contribution is -2.44. The molecule has 0 aromatic rings. The largest absolute Gasteiger partial charge is 0.444 e. The third-order valence-corrected chi connectivity index (χ3v) is 1.99. The second-order valence-corrected chi connectivity index (χ2v) is 4.57. The quantitative estimate of drug-likeness (QED) is 0.742. The molecule has 0 spiro atoms. The number of nitrogens with zero attached hydrogens (tertiary/aromatic N) is 1. The van der Waals surface area contributed by atoms with Crippen LogP contribution in [0.4, 0.5) is 4.79 Å². The SMILES string of the molecule is CC(O)[C@H](C)N(C)C(=O)OC(C)(C)C. The molecule has 0 aromatic heterocycles. The first-order chi connectivity index (χ1) is 6.15. The molecular formula is C10H21NO3. The Hall–Kier alpha value is -0.770. The molecule has 0 aliphatic rings. The maximum Gasteiger partial charge on any atom is 0.410 e. The van der Waals surface area contributed by atoms with E-state index in [4.69, 9.17) is 4.74 Å². The van der Waals surface area contributed by atoms with Crippen LogP contribution in [0.1, 0.15) is 34.6 Å². The molecule has 0 fully saturated rings. The number of likely N-dealkylation sites (N-methyl/N-ethyl adjacent to an activating group) is 1. The molecule has 1 unspecified atom stereocenters. The van der Waals surface area contributed by atoms with Crippen molar-refractivity contribution in [3.63, 3.8) is 0 Å². The van der Waals surface area contributed by atoms with E-state index in [-0.39, 0.29) is 6.04 Å². The fraction of sp³-hybridized carbons (Fsp3) is 0.900.